The fraction of sp³-hybridized carbons (Fsp3) is 0.921. The van der Waals surface area contributed by atoms with Crippen molar-refractivity contribution >= 4 is 17.9 Å². The van der Waals surface area contributed by atoms with Crippen LogP contribution in [0.3, 0.4) is 0 Å². The van der Waals surface area contributed by atoms with Crippen LogP contribution in [-0.4, -0.2) is 37.2 Å². The van der Waals surface area contributed by atoms with E-state index in [1.165, 1.54) is 257 Å². The first-order chi connectivity index (χ1) is 34.0. The molecule has 0 aromatic carbocycles. The summed E-state index contributed by atoms with van der Waals surface area (Å²) in [7, 11) is 0. The Morgan fingerprint density at radius 1 is 0.275 bits per heavy atom. The van der Waals surface area contributed by atoms with Crippen molar-refractivity contribution in [2.45, 2.75) is 361 Å². The van der Waals surface area contributed by atoms with Gasteiger partial charge in [-0.3, -0.25) is 14.4 Å². The van der Waals surface area contributed by atoms with Crippen molar-refractivity contribution in [1.29, 1.82) is 0 Å². The summed E-state index contributed by atoms with van der Waals surface area (Å²) < 4.78 is 16.9. The maximum absolute atomic E-state index is 12.9. The molecule has 0 aliphatic rings. The zero-order chi connectivity index (χ0) is 50.0. The van der Waals surface area contributed by atoms with Gasteiger partial charge in [-0.2, -0.15) is 0 Å². The molecule has 0 spiro atoms. The van der Waals surface area contributed by atoms with E-state index in [2.05, 4.69) is 32.9 Å². The number of allylic oxidation sites excluding steroid dienone is 2. The molecule has 0 aliphatic heterocycles. The minimum atomic E-state index is -0.765. The number of hydrogen-bond acceptors (Lipinski definition) is 6. The molecule has 1 atom stereocenters. The summed E-state index contributed by atoms with van der Waals surface area (Å²) >= 11 is 0. The van der Waals surface area contributed by atoms with Crippen molar-refractivity contribution in [3.63, 3.8) is 0 Å². The number of carbonyl (C=O) groups excluding carboxylic acids is 3. The molecule has 0 aromatic rings. The van der Waals surface area contributed by atoms with Crippen molar-refractivity contribution in [1.82, 2.24) is 0 Å². The predicted octanol–water partition coefficient (Wildman–Crippen LogP) is 20.9. The van der Waals surface area contributed by atoms with Gasteiger partial charge in [-0.05, 0) is 44.9 Å². The van der Waals surface area contributed by atoms with Gasteiger partial charge in [0.2, 0.25) is 0 Å². The standard InChI is InChI=1S/C63H120O6/c1-4-7-10-13-16-19-22-25-27-29-30-31-32-34-36-39-42-45-48-51-54-57-63(66)69-60(58-67-61(64)55-52-49-46-43-40-37-24-21-18-15-12-9-6-3)59-68-62(65)56-53-50-47-44-41-38-35-33-28-26-23-20-17-14-11-8-5-2/h25,27,60H,4-24,26,28-59H2,1-3H3/b27-25-/t60-/m0/s1. The number of esters is 3. The van der Waals surface area contributed by atoms with Crippen LogP contribution in [0.2, 0.25) is 0 Å². The van der Waals surface area contributed by atoms with Gasteiger partial charge in [0.05, 0.1) is 0 Å². The summed E-state index contributed by atoms with van der Waals surface area (Å²) in [5, 5.41) is 0. The summed E-state index contributed by atoms with van der Waals surface area (Å²) in [6, 6.07) is 0. The zero-order valence-electron chi connectivity index (χ0n) is 46.9. The van der Waals surface area contributed by atoms with Crippen LogP contribution in [0, 0.1) is 0 Å². The van der Waals surface area contributed by atoms with E-state index in [1.54, 1.807) is 0 Å². The first kappa shape index (κ1) is 67.1. The normalized spacial score (nSPS) is 12.0. The third-order valence-electron chi connectivity index (χ3n) is 14.3. The smallest absolute Gasteiger partial charge is 0.306 e. The number of rotatable bonds is 58. The van der Waals surface area contributed by atoms with Gasteiger partial charge < -0.3 is 14.2 Å². The van der Waals surface area contributed by atoms with Crippen LogP contribution in [0.1, 0.15) is 355 Å². The topological polar surface area (TPSA) is 78.9 Å². The van der Waals surface area contributed by atoms with E-state index in [0.29, 0.717) is 19.3 Å². The number of ether oxygens (including phenoxy) is 3. The SMILES string of the molecule is CCCCCCCC/C=C\CCCCCCCCCCCCCC(=O)O[C@@H](COC(=O)CCCCCCCCCCCCCCC)COC(=O)CCCCCCCCCCCCCCCCCCC. The monoisotopic (exact) mass is 973 g/mol. The molecule has 0 saturated heterocycles. The highest BCUT2D eigenvalue weighted by atomic mass is 16.6. The Kier molecular flexibility index (Phi) is 57.1. The molecule has 0 saturated carbocycles. The van der Waals surface area contributed by atoms with Crippen LogP contribution in [0.25, 0.3) is 0 Å². The second-order valence-electron chi connectivity index (χ2n) is 21.3. The van der Waals surface area contributed by atoms with Gasteiger partial charge in [-0.15, -0.1) is 0 Å². The van der Waals surface area contributed by atoms with Crippen molar-refractivity contribution < 1.29 is 28.6 Å². The molecule has 0 aliphatic carbocycles. The fourth-order valence-electron chi connectivity index (χ4n) is 9.56. The molecule has 0 fully saturated rings. The number of carbonyl (C=O) groups is 3. The average Bonchev–Trinajstić information content (AvgIpc) is 3.35. The molecule has 69 heavy (non-hydrogen) atoms. The van der Waals surface area contributed by atoms with Crippen molar-refractivity contribution in [2.24, 2.45) is 0 Å². The van der Waals surface area contributed by atoms with E-state index in [9.17, 15) is 14.4 Å². The van der Waals surface area contributed by atoms with E-state index in [1.807, 2.05) is 0 Å². The Morgan fingerprint density at radius 3 is 0.725 bits per heavy atom. The van der Waals surface area contributed by atoms with Crippen molar-refractivity contribution in [3.8, 4) is 0 Å². The number of hydrogen-bond donors (Lipinski definition) is 0. The third kappa shape index (κ3) is 56.9. The lowest BCUT2D eigenvalue weighted by Crippen LogP contribution is -2.30. The predicted molar refractivity (Wildman–Crippen MR) is 298 cm³/mol. The maximum Gasteiger partial charge on any atom is 0.306 e. The molecule has 408 valence electrons. The molecule has 6 heteroatoms. The Morgan fingerprint density at radius 2 is 0.478 bits per heavy atom. The second-order valence-corrected chi connectivity index (χ2v) is 21.3. The molecule has 0 amide bonds. The lowest BCUT2D eigenvalue weighted by atomic mass is 10.0. The van der Waals surface area contributed by atoms with Gasteiger partial charge in [0.15, 0.2) is 6.10 Å². The molecule has 0 unspecified atom stereocenters. The Hall–Kier alpha value is -1.85. The van der Waals surface area contributed by atoms with Crippen molar-refractivity contribution in [2.75, 3.05) is 13.2 Å². The van der Waals surface area contributed by atoms with Crippen LogP contribution < -0.4 is 0 Å². The second kappa shape index (κ2) is 58.7. The van der Waals surface area contributed by atoms with Gasteiger partial charge in [0.1, 0.15) is 13.2 Å². The van der Waals surface area contributed by atoms with Crippen LogP contribution in [-0.2, 0) is 28.6 Å². The van der Waals surface area contributed by atoms with Gasteiger partial charge in [0, 0.05) is 19.3 Å². The van der Waals surface area contributed by atoms with E-state index in [-0.39, 0.29) is 31.1 Å². The summed E-state index contributed by atoms with van der Waals surface area (Å²) in [6.07, 6.45) is 67.8. The van der Waals surface area contributed by atoms with E-state index < -0.39 is 6.10 Å². The average molecular weight is 974 g/mol. The molecular formula is C63H120O6. The maximum atomic E-state index is 12.9. The van der Waals surface area contributed by atoms with E-state index >= 15 is 0 Å². The largest absolute Gasteiger partial charge is 0.462 e. The summed E-state index contributed by atoms with van der Waals surface area (Å²) in [6.45, 7) is 6.70. The Bertz CT molecular complexity index is 1070. The first-order valence-electron chi connectivity index (χ1n) is 31.2. The molecule has 6 nitrogen and oxygen atoms in total. The van der Waals surface area contributed by atoms with Gasteiger partial charge in [0.25, 0.3) is 0 Å². The highest BCUT2D eigenvalue weighted by molar-refractivity contribution is 5.71. The van der Waals surface area contributed by atoms with Gasteiger partial charge in [-0.1, -0.05) is 303 Å². The number of unbranched alkanes of at least 4 members (excludes halogenated alkanes) is 45. The Labute approximate surface area is 431 Å². The lowest BCUT2D eigenvalue weighted by Gasteiger charge is -2.18. The molecular weight excluding hydrogens is 853 g/mol. The Balaban J connectivity index is 4.27. The van der Waals surface area contributed by atoms with Crippen LogP contribution in [0.4, 0.5) is 0 Å². The van der Waals surface area contributed by atoms with E-state index in [0.717, 1.165) is 57.8 Å². The van der Waals surface area contributed by atoms with E-state index in [4.69, 9.17) is 14.2 Å². The molecule has 0 radical (unpaired) electrons. The van der Waals surface area contributed by atoms with Gasteiger partial charge in [-0.25, -0.2) is 0 Å². The molecule has 0 heterocycles. The van der Waals surface area contributed by atoms with Crippen LogP contribution in [0.15, 0.2) is 12.2 Å². The van der Waals surface area contributed by atoms with Crippen LogP contribution in [0.5, 0.6) is 0 Å². The van der Waals surface area contributed by atoms with Gasteiger partial charge >= 0.3 is 17.9 Å². The first-order valence-corrected chi connectivity index (χ1v) is 31.2. The summed E-state index contributed by atoms with van der Waals surface area (Å²) in [5.41, 5.74) is 0. The fourth-order valence-corrected chi connectivity index (χ4v) is 9.56. The van der Waals surface area contributed by atoms with Crippen molar-refractivity contribution in [3.05, 3.63) is 12.2 Å². The third-order valence-corrected chi connectivity index (χ3v) is 14.3. The van der Waals surface area contributed by atoms with Crippen LogP contribution >= 0.6 is 0 Å². The minimum absolute atomic E-state index is 0.0636. The molecule has 0 N–H and O–H groups in total. The lowest BCUT2D eigenvalue weighted by molar-refractivity contribution is -0.167. The summed E-state index contributed by atoms with van der Waals surface area (Å²) in [5.74, 6) is -0.835. The summed E-state index contributed by atoms with van der Waals surface area (Å²) in [4.78, 5) is 38.2. The molecule has 0 bridgehead atoms. The minimum Gasteiger partial charge on any atom is -0.462 e. The highest BCUT2D eigenvalue weighted by Crippen LogP contribution is 2.18. The molecule has 0 rings (SSSR count). The molecule has 0 aromatic heterocycles. The quantitative estimate of drug-likeness (QED) is 0.0261. The highest BCUT2D eigenvalue weighted by Gasteiger charge is 2.19. The zero-order valence-corrected chi connectivity index (χ0v) is 46.9.